The highest BCUT2D eigenvalue weighted by atomic mass is 32.2. The average molecular weight is 476 g/mol. The Morgan fingerprint density at radius 3 is 2.58 bits per heavy atom. The number of hydrogen-bond donors (Lipinski definition) is 2. The van der Waals surface area contributed by atoms with E-state index in [1.165, 1.54) is 62.1 Å². The SMILES string of the molecule is COc1cccc(F)c1-c1cc(CC(NC(=O)O)C(C)(C)C)cn1S(=O)(=O)c1cccnc1. The monoisotopic (exact) mass is 475 g/mol. The average Bonchev–Trinajstić information content (AvgIpc) is 3.17. The van der Waals surface area contributed by atoms with E-state index in [0.717, 1.165) is 3.97 Å². The Labute approximate surface area is 192 Å². The van der Waals surface area contributed by atoms with Crippen LogP contribution in [0.25, 0.3) is 11.3 Å². The van der Waals surface area contributed by atoms with E-state index >= 15 is 0 Å². The van der Waals surface area contributed by atoms with E-state index in [1.54, 1.807) is 0 Å². The summed E-state index contributed by atoms with van der Waals surface area (Å²) >= 11 is 0. The highest BCUT2D eigenvalue weighted by molar-refractivity contribution is 7.90. The van der Waals surface area contributed by atoms with Gasteiger partial charge in [0.1, 0.15) is 16.5 Å². The number of nitrogens with one attached hydrogen (secondary N) is 1. The van der Waals surface area contributed by atoms with Gasteiger partial charge in [-0.1, -0.05) is 26.8 Å². The van der Waals surface area contributed by atoms with E-state index in [0.29, 0.717) is 5.56 Å². The van der Waals surface area contributed by atoms with Crippen LogP contribution in [0, 0.1) is 11.2 Å². The first-order valence-corrected chi connectivity index (χ1v) is 11.6. The molecule has 2 heterocycles. The topological polar surface area (TPSA) is 111 Å². The lowest BCUT2D eigenvalue weighted by atomic mass is 9.83. The quantitative estimate of drug-likeness (QED) is 0.531. The number of methoxy groups -OCH3 is 1. The van der Waals surface area contributed by atoms with E-state index < -0.39 is 33.4 Å². The molecule has 3 rings (SSSR count). The number of nitrogens with zero attached hydrogens (tertiary/aromatic N) is 2. The maximum absolute atomic E-state index is 14.9. The lowest BCUT2D eigenvalue weighted by Crippen LogP contribution is -2.44. The molecular weight excluding hydrogens is 449 g/mol. The number of pyridine rings is 1. The summed E-state index contributed by atoms with van der Waals surface area (Å²) in [6.45, 7) is 5.62. The molecule has 3 aromatic rings. The van der Waals surface area contributed by atoms with Gasteiger partial charge in [-0.2, -0.15) is 0 Å². The van der Waals surface area contributed by atoms with Crippen molar-refractivity contribution in [2.45, 2.75) is 38.1 Å². The van der Waals surface area contributed by atoms with Gasteiger partial charge < -0.3 is 15.2 Å². The maximum Gasteiger partial charge on any atom is 0.404 e. The molecule has 176 valence electrons. The summed E-state index contributed by atoms with van der Waals surface area (Å²) in [4.78, 5) is 15.1. The Hall–Kier alpha value is -3.40. The van der Waals surface area contributed by atoms with Crippen LogP contribution in [0.2, 0.25) is 0 Å². The van der Waals surface area contributed by atoms with Crippen LogP contribution in [0.3, 0.4) is 0 Å². The van der Waals surface area contributed by atoms with Crippen LogP contribution in [0.5, 0.6) is 5.75 Å². The minimum absolute atomic E-state index is 0.0165. The zero-order valence-electron chi connectivity index (χ0n) is 18.7. The van der Waals surface area contributed by atoms with Gasteiger partial charge in [0.15, 0.2) is 0 Å². The molecule has 0 fully saturated rings. The highest BCUT2D eigenvalue weighted by Crippen LogP contribution is 2.36. The minimum Gasteiger partial charge on any atom is -0.496 e. The third kappa shape index (κ3) is 5.16. The normalized spacial score (nSPS) is 12.9. The molecule has 0 saturated heterocycles. The molecular formula is C23H26FN3O5S. The molecule has 0 bridgehead atoms. The molecule has 0 spiro atoms. The first kappa shape index (κ1) is 24.2. The van der Waals surface area contributed by atoms with Gasteiger partial charge in [0.2, 0.25) is 0 Å². The van der Waals surface area contributed by atoms with Crippen molar-refractivity contribution in [3.63, 3.8) is 0 Å². The maximum atomic E-state index is 14.9. The van der Waals surface area contributed by atoms with Crippen molar-refractivity contribution >= 4 is 16.1 Å². The van der Waals surface area contributed by atoms with Gasteiger partial charge >= 0.3 is 6.09 Å². The van der Waals surface area contributed by atoms with E-state index in [1.807, 2.05) is 20.8 Å². The third-order valence-electron chi connectivity index (χ3n) is 5.27. The predicted octanol–water partition coefficient (Wildman–Crippen LogP) is 4.16. The zero-order chi connectivity index (χ0) is 24.4. The van der Waals surface area contributed by atoms with Gasteiger partial charge in [0.25, 0.3) is 10.0 Å². The van der Waals surface area contributed by atoms with E-state index in [4.69, 9.17) is 4.74 Å². The molecule has 0 aliphatic carbocycles. The Kier molecular flexibility index (Phi) is 6.78. The number of halogens is 1. The first-order chi connectivity index (χ1) is 15.4. The van der Waals surface area contributed by atoms with Gasteiger partial charge in [-0.25, -0.2) is 21.6 Å². The lowest BCUT2D eigenvalue weighted by Gasteiger charge is -2.30. The number of carbonyl (C=O) groups is 1. The van der Waals surface area contributed by atoms with Gasteiger partial charge in [0, 0.05) is 24.6 Å². The summed E-state index contributed by atoms with van der Waals surface area (Å²) in [5.41, 5.74) is 0.0962. The molecule has 1 atom stereocenters. The molecule has 2 N–H and O–H groups in total. The van der Waals surface area contributed by atoms with Crippen LogP contribution in [0.15, 0.2) is 59.9 Å². The Balaban J connectivity index is 2.22. The largest absolute Gasteiger partial charge is 0.496 e. The van der Waals surface area contributed by atoms with Crippen molar-refractivity contribution in [3.05, 3.63) is 66.4 Å². The van der Waals surface area contributed by atoms with Gasteiger partial charge in [-0.3, -0.25) is 4.98 Å². The molecule has 33 heavy (non-hydrogen) atoms. The number of carboxylic acid groups (broad SMARTS) is 1. The summed E-state index contributed by atoms with van der Waals surface area (Å²) < 4.78 is 48.1. The molecule has 1 amide bonds. The third-order valence-corrected chi connectivity index (χ3v) is 6.93. The number of rotatable bonds is 7. The molecule has 1 unspecified atom stereocenters. The van der Waals surface area contributed by atoms with Crippen LogP contribution in [0.4, 0.5) is 9.18 Å². The Bertz CT molecular complexity index is 1250. The number of aromatic nitrogens is 2. The number of hydrogen-bond acceptors (Lipinski definition) is 5. The molecule has 8 nitrogen and oxygen atoms in total. The Morgan fingerprint density at radius 1 is 1.27 bits per heavy atom. The zero-order valence-corrected chi connectivity index (χ0v) is 19.6. The van der Waals surface area contributed by atoms with Crippen molar-refractivity contribution < 1.29 is 27.4 Å². The molecule has 0 aliphatic heterocycles. The summed E-state index contributed by atoms with van der Waals surface area (Å²) in [5.74, 6) is -0.490. The predicted molar refractivity (Wildman–Crippen MR) is 121 cm³/mol. The van der Waals surface area contributed by atoms with Gasteiger partial charge in [-0.05, 0) is 47.7 Å². The van der Waals surface area contributed by atoms with Crippen LogP contribution in [-0.4, -0.2) is 41.7 Å². The summed E-state index contributed by atoms with van der Waals surface area (Å²) in [6.07, 6.45) is 3.04. The fourth-order valence-corrected chi connectivity index (χ4v) is 4.83. The summed E-state index contributed by atoms with van der Waals surface area (Å²) in [6, 6.07) is 8.13. The van der Waals surface area contributed by atoms with Crippen molar-refractivity contribution in [2.24, 2.45) is 5.41 Å². The number of ether oxygens (including phenoxy) is 1. The molecule has 0 saturated carbocycles. The van der Waals surface area contributed by atoms with Crippen molar-refractivity contribution in [1.29, 1.82) is 0 Å². The molecule has 10 heteroatoms. The lowest BCUT2D eigenvalue weighted by molar-refractivity contribution is 0.174. The van der Waals surface area contributed by atoms with Crippen molar-refractivity contribution in [1.82, 2.24) is 14.3 Å². The summed E-state index contributed by atoms with van der Waals surface area (Å²) in [7, 11) is -2.77. The minimum atomic E-state index is -4.14. The second-order valence-electron chi connectivity index (χ2n) is 8.61. The fourth-order valence-electron chi connectivity index (χ4n) is 3.48. The van der Waals surface area contributed by atoms with Gasteiger partial charge in [0.05, 0.1) is 18.4 Å². The molecule has 0 radical (unpaired) electrons. The number of benzene rings is 1. The highest BCUT2D eigenvalue weighted by Gasteiger charge is 2.30. The van der Waals surface area contributed by atoms with Crippen LogP contribution < -0.4 is 10.1 Å². The first-order valence-electron chi connectivity index (χ1n) is 10.1. The van der Waals surface area contributed by atoms with Crippen LogP contribution in [-0.2, 0) is 16.4 Å². The van der Waals surface area contributed by atoms with Crippen LogP contribution in [0.1, 0.15) is 26.3 Å². The van der Waals surface area contributed by atoms with Gasteiger partial charge in [-0.15, -0.1) is 0 Å². The van der Waals surface area contributed by atoms with E-state index in [9.17, 15) is 22.7 Å². The second kappa shape index (κ2) is 9.22. The summed E-state index contributed by atoms with van der Waals surface area (Å²) in [5, 5.41) is 11.8. The van der Waals surface area contributed by atoms with Crippen molar-refractivity contribution in [2.75, 3.05) is 7.11 Å². The van der Waals surface area contributed by atoms with E-state index in [-0.39, 0.29) is 28.3 Å². The number of amides is 1. The fraction of sp³-hybridized carbons (Fsp3) is 0.304. The Morgan fingerprint density at radius 2 is 2.00 bits per heavy atom. The van der Waals surface area contributed by atoms with E-state index in [2.05, 4.69) is 10.3 Å². The molecule has 1 aromatic carbocycles. The smallest absolute Gasteiger partial charge is 0.404 e. The molecule has 2 aromatic heterocycles. The standard InChI is InChI=1S/C23H26FN3O5S/c1-23(2,3)20(26-22(28)29)12-15-11-18(21-17(24)8-5-9-19(21)32-4)27(14-15)33(30,31)16-7-6-10-25-13-16/h5-11,13-14,20,26H,12H2,1-4H3,(H,28,29). The second-order valence-corrected chi connectivity index (χ2v) is 10.4. The molecule has 0 aliphatic rings. The van der Waals surface area contributed by atoms with Crippen LogP contribution >= 0.6 is 0 Å². The van der Waals surface area contributed by atoms with Crippen molar-refractivity contribution in [3.8, 4) is 17.0 Å².